The molecular weight excluding hydrogens is 304 g/mol. The van der Waals surface area contributed by atoms with Crippen molar-refractivity contribution in [3.05, 3.63) is 22.7 Å². The zero-order valence-electron chi connectivity index (χ0n) is 12.7. The Balaban J connectivity index is 2.08. The van der Waals surface area contributed by atoms with E-state index in [1.54, 1.807) is 19.2 Å². The van der Waals surface area contributed by atoms with Gasteiger partial charge in [-0.3, -0.25) is 4.79 Å². The molecule has 22 heavy (non-hydrogen) atoms. The van der Waals surface area contributed by atoms with Gasteiger partial charge in [0, 0.05) is 10.6 Å². The van der Waals surface area contributed by atoms with E-state index in [0.29, 0.717) is 47.5 Å². The maximum atomic E-state index is 12.0. The molecule has 3 rings (SSSR count). The van der Waals surface area contributed by atoms with Crippen LogP contribution in [0.1, 0.15) is 44.1 Å². The molecule has 120 valence electrons. The van der Waals surface area contributed by atoms with E-state index in [-0.39, 0.29) is 0 Å². The highest BCUT2D eigenvalue weighted by Crippen LogP contribution is 2.51. The summed E-state index contributed by atoms with van der Waals surface area (Å²) in [7, 11) is 1.57. The van der Waals surface area contributed by atoms with E-state index in [2.05, 4.69) is 0 Å². The van der Waals surface area contributed by atoms with Gasteiger partial charge in [-0.25, -0.2) is 0 Å². The summed E-state index contributed by atoms with van der Waals surface area (Å²) in [6.45, 7) is 0.597. The molecule has 0 aromatic heterocycles. The SMILES string of the molecule is COc1ccc(Cl)c(C2(C(=O)O)CCCC2)c1OCC1CC1. The number of aliphatic carboxylic acids is 1. The minimum Gasteiger partial charge on any atom is -0.493 e. The Morgan fingerprint density at radius 3 is 2.59 bits per heavy atom. The fourth-order valence-corrected chi connectivity index (χ4v) is 3.65. The average Bonchev–Trinajstić information content (AvgIpc) is 3.20. The van der Waals surface area contributed by atoms with Crippen molar-refractivity contribution in [3.8, 4) is 11.5 Å². The van der Waals surface area contributed by atoms with Gasteiger partial charge in [-0.1, -0.05) is 24.4 Å². The fraction of sp³-hybridized carbons (Fsp3) is 0.588. The first-order valence-corrected chi connectivity index (χ1v) is 8.19. The van der Waals surface area contributed by atoms with E-state index >= 15 is 0 Å². The molecule has 1 aromatic rings. The Labute approximate surface area is 135 Å². The van der Waals surface area contributed by atoms with E-state index in [4.69, 9.17) is 21.1 Å². The molecule has 2 aliphatic rings. The van der Waals surface area contributed by atoms with Gasteiger partial charge >= 0.3 is 5.97 Å². The number of hydrogen-bond acceptors (Lipinski definition) is 3. The summed E-state index contributed by atoms with van der Waals surface area (Å²) in [5, 5.41) is 10.3. The molecule has 4 nitrogen and oxygen atoms in total. The standard InChI is InChI=1S/C17H21ClO4/c1-21-13-7-6-12(18)14(15(13)22-10-11-4-5-11)17(16(19)20)8-2-3-9-17/h6-7,11H,2-5,8-10H2,1H3,(H,19,20). The highest BCUT2D eigenvalue weighted by molar-refractivity contribution is 6.32. The lowest BCUT2D eigenvalue weighted by atomic mass is 9.78. The second kappa shape index (κ2) is 5.99. The first-order chi connectivity index (χ1) is 10.6. The van der Waals surface area contributed by atoms with Crippen LogP contribution in [0.4, 0.5) is 0 Å². The number of rotatable bonds is 6. The Hall–Kier alpha value is -1.42. The fourth-order valence-electron chi connectivity index (χ4n) is 3.32. The third-order valence-corrected chi connectivity index (χ3v) is 5.11. The van der Waals surface area contributed by atoms with Crippen molar-refractivity contribution in [1.82, 2.24) is 0 Å². The molecule has 0 amide bonds. The van der Waals surface area contributed by atoms with Crippen molar-refractivity contribution in [2.45, 2.75) is 43.9 Å². The molecule has 0 atom stereocenters. The summed E-state index contributed by atoms with van der Waals surface area (Å²) in [6, 6.07) is 3.46. The number of halogens is 1. The van der Waals surface area contributed by atoms with Crippen LogP contribution in [0, 0.1) is 5.92 Å². The van der Waals surface area contributed by atoms with Crippen molar-refractivity contribution < 1.29 is 19.4 Å². The van der Waals surface area contributed by atoms with Gasteiger partial charge in [0.05, 0.1) is 19.1 Å². The van der Waals surface area contributed by atoms with Gasteiger partial charge in [0.1, 0.15) is 0 Å². The van der Waals surface area contributed by atoms with Crippen LogP contribution in [0.25, 0.3) is 0 Å². The summed E-state index contributed by atoms with van der Waals surface area (Å²) >= 11 is 6.40. The van der Waals surface area contributed by atoms with Crippen molar-refractivity contribution in [2.75, 3.05) is 13.7 Å². The van der Waals surface area contributed by atoms with Crippen LogP contribution < -0.4 is 9.47 Å². The smallest absolute Gasteiger partial charge is 0.314 e. The maximum Gasteiger partial charge on any atom is 0.314 e. The van der Waals surface area contributed by atoms with E-state index in [9.17, 15) is 9.90 Å². The van der Waals surface area contributed by atoms with Crippen molar-refractivity contribution in [2.24, 2.45) is 5.92 Å². The van der Waals surface area contributed by atoms with Crippen LogP contribution in [-0.2, 0) is 10.2 Å². The lowest BCUT2D eigenvalue weighted by molar-refractivity contribution is -0.143. The molecule has 0 aliphatic heterocycles. The first-order valence-electron chi connectivity index (χ1n) is 7.81. The average molecular weight is 325 g/mol. The molecule has 0 bridgehead atoms. The summed E-state index contributed by atoms with van der Waals surface area (Å²) in [4.78, 5) is 12.0. The van der Waals surface area contributed by atoms with Crippen LogP contribution in [0.2, 0.25) is 5.02 Å². The molecule has 1 aromatic carbocycles. The van der Waals surface area contributed by atoms with Crippen LogP contribution in [-0.4, -0.2) is 24.8 Å². The Bertz CT molecular complexity index is 574. The Morgan fingerprint density at radius 2 is 2.05 bits per heavy atom. The summed E-state index contributed by atoms with van der Waals surface area (Å²) in [6.07, 6.45) is 5.30. The Morgan fingerprint density at radius 1 is 1.36 bits per heavy atom. The predicted octanol–water partition coefficient (Wildman–Crippen LogP) is 4.03. The van der Waals surface area contributed by atoms with Crippen LogP contribution >= 0.6 is 11.6 Å². The van der Waals surface area contributed by atoms with Crippen LogP contribution in [0.15, 0.2) is 12.1 Å². The van der Waals surface area contributed by atoms with Crippen LogP contribution in [0.5, 0.6) is 11.5 Å². The zero-order chi connectivity index (χ0) is 15.7. The lowest BCUT2D eigenvalue weighted by Gasteiger charge is -2.28. The van der Waals surface area contributed by atoms with Gasteiger partial charge in [-0.15, -0.1) is 0 Å². The summed E-state index contributed by atoms with van der Waals surface area (Å²) in [5.74, 6) is 0.830. The van der Waals surface area contributed by atoms with Gasteiger partial charge in [0.25, 0.3) is 0 Å². The molecule has 2 fully saturated rings. The minimum absolute atomic E-state index is 0.455. The molecule has 0 radical (unpaired) electrons. The highest BCUT2D eigenvalue weighted by atomic mass is 35.5. The van der Waals surface area contributed by atoms with Crippen LogP contribution in [0.3, 0.4) is 0 Å². The van der Waals surface area contributed by atoms with E-state index in [0.717, 1.165) is 12.8 Å². The topological polar surface area (TPSA) is 55.8 Å². The third-order valence-electron chi connectivity index (χ3n) is 4.80. The number of carboxylic acids is 1. The predicted molar refractivity (Wildman–Crippen MR) is 84.0 cm³/mol. The van der Waals surface area contributed by atoms with Crippen molar-refractivity contribution >= 4 is 17.6 Å². The van der Waals surface area contributed by atoms with E-state index in [1.807, 2.05) is 0 Å². The number of hydrogen-bond donors (Lipinski definition) is 1. The number of ether oxygens (including phenoxy) is 2. The number of carbonyl (C=O) groups is 1. The van der Waals surface area contributed by atoms with Crippen molar-refractivity contribution in [1.29, 1.82) is 0 Å². The van der Waals surface area contributed by atoms with Gasteiger partial charge in [-0.05, 0) is 43.7 Å². The molecular formula is C17H21ClO4. The molecule has 0 unspecified atom stereocenters. The van der Waals surface area contributed by atoms with Gasteiger partial charge < -0.3 is 14.6 Å². The molecule has 2 saturated carbocycles. The monoisotopic (exact) mass is 324 g/mol. The molecule has 2 aliphatic carbocycles. The molecule has 0 heterocycles. The third kappa shape index (κ3) is 2.65. The van der Waals surface area contributed by atoms with Gasteiger partial charge in [0.15, 0.2) is 11.5 Å². The Kier molecular flexibility index (Phi) is 4.22. The van der Waals surface area contributed by atoms with Gasteiger partial charge in [0.2, 0.25) is 0 Å². The largest absolute Gasteiger partial charge is 0.493 e. The maximum absolute atomic E-state index is 12.0. The molecule has 0 saturated heterocycles. The number of methoxy groups -OCH3 is 1. The van der Waals surface area contributed by atoms with E-state index < -0.39 is 11.4 Å². The second-order valence-electron chi connectivity index (χ2n) is 6.30. The summed E-state index contributed by atoms with van der Waals surface area (Å²) in [5.41, 5.74) is -0.357. The first kappa shape index (κ1) is 15.5. The lowest BCUT2D eigenvalue weighted by Crippen LogP contribution is -2.33. The van der Waals surface area contributed by atoms with E-state index in [1.165, 1.54) is 12.8 Å². The highest BCUT2D eigenvalue weighted by Gasteiger charge is 2.47. The number of benzene rings is 1. The summed E-state index contributed by atoms with van der Waals surface area (Å²) < 4.78 is 11.4. The normalized spacial score (nSPS) is 19.9. The van der Waals surface area contributed by atoms with Gasteiger partial charge in [-0.2, -0.15) is 0 Å². The minimum atomic E-state index is -0.954. The molecule has 0 spiro atoms. The number of carboxylic acid groups (broad SMARTS) is 1. The molecule has 1 N–H and O–H groups in total. The quantitative estimate of drug-likeness (QED) is 0.858. The van der Waals surface area contributed by atoms with Crippen molar-refractivity contribution in [3.63, 3.8) is 0 Å². The zero-order valence-corrected chi connectivity index (χ0v) is 13.5. The molecule has 5 heteroatoms. The second-order valence-corrected chi connectivity index (χ2v) is 6.71.